The van der Waals surface area contributed by atoms with Gasteiger partial charge in [0.25, 0.3) is 11.5 Å². The molecule has 0 atom stereocenters. The first-order valence-corrected chi connectivity index (χ1v) is 10.8. The number of hydrazone groups is 1. The molecule has 0 spiro atoms. The number of hydrogen-bond donors (Lipinski definition) is 1. The third-order valence-electron chi connectivity index (χ3n) is 6.21. The van der Waals surface area contributed by atoms with Gasteiger partial charge >= 0.3 is 0 Å². The topological polar surface area (TPSA) is 70.5 Å². The first kappa shape index (κ1) is 20.7. The molecule has 164 valence electrons. The Kier molecular flexibility index (Phi) is 4.86. The lowest BCUT2D eigenvalue weighted by atomic mass is 10.1. The van der Waals surface area contributed by atoms with Crippen molar-refractivity contribution < 1.29 is 4.79 Å². The number of carbonyl (C=O) groups is 1. The smallest absolute Gasteiger partial charge is 0.280 e. The summed E-state index contributed by atoms with van der Waals surface area (Å²) in [4.78, 5) is 26.6. The third-order valence-corrected chi connectivity index (χ3v) is 6.21. The maximum absolute atomic E-state index is 13.4. The van der Waals surface area contributed by atoms with Crippen LogP contribution in [0.3, 0.4) is 0 Å². The van der Waals surface area contributed by atoms with E-state index in [4.69, 9.17) is 0 Å². The maximum Gasteiger partial charge on any atom is 0.280 e. The number of anilines is 1. The van der Waals surface area contributed by atoms with Crippen molar-refractivity contribution in [3.8, 4) is 5.69 Å². The highest BCUT2D eigenvalue weighted by molar-refractivity contribution is 6.32. The molecule has 6 heteroatoms. The highest BCUT2D eigenvalue weighted by Crippen LogP contribution is 2.27. The summed E-state index contributed by atoms with van der Waals surface area (Å²) >= 11 is 0. The highest BCUT2D eigenvalue weighted by atomic mass is 16.2. The van der Waals surface area contributed by atoms with E-state index in [1.54, 1.807) is 13.0 Å². The van der Waals surface area contributed by atoms with E-state index in [-0.39, 0.29) is 11.5 Å². The minimum atomic E-state index is -0.243. The molecule has 1 N–H and O–H groups in total. The Balaban J connectivity index is 1.57. The standard InChI is InChI=1S/C27H24N4O2/c1-16-12-13-21(14-17(16)2)30-26(32)23(18(3)28-30)15-24-19(4)29-31(27(24)33)25-11-7-9-20-8-5-6-10-22(20)25/h5-15,29H,1-4H3/b23-15+. The van der Waals surface area contributed by atoms with Gasteiger partial charge in [-0.2, -0.15) is 10.1 Å². The second-order valence-corrected chi connectivity index (χ2v) is 8.42. The number of aromatic nitrogens is 2. The van der Waals surface area contributed by atoms with Crippen molar-refractivity contribution in [1.29, 1.82) is 0 Å². The van der Waals surface area contributed by atoms with E-state index >= 15 is 0 Å². The molecule has 1 aliphatic heterocycles. The summed E-state index contributed by atoms with van der Waals surface area (Å²) in [5.74, 6) is -0.243. The molecule has 1 aromatic heterocycles. The van der Waals surface area contributed by atoms with Gasteiger partial charge in [-0.25, -0.2) is 4.68 Å². The summed E-state index contributed by atoms with van der Waals surface area (Å²) in [6, 6.07) is 19.6. The molecule has 1 amide bonds. The fourth-order valence-corrected chi connectivity index (χ4v) is 4.16. The predicted octanol–water partition coefficient (Wildman–Crippen LogP) is 5.05. The molecule has 3 aromatic carbocycles. The zero-order chi connectivity index (χ0) is 23.3. The molecule has 4 aromatic rings. The Morgan fingerprint density at radius 1 is 0.879 bits per heavy atom. The molecule has 0 unspecified atom stereocenters. The molecule has 1 aliphatic rings. The third kappa shape index (κ3) is 3.40. The summed E-state index contributed by atoms with van der Waals surface area (Å²) in [5, 5.41) is 11.1. The molecule has 0 saturated heterocycles. The van der Waals surface area contributed by atoms with Crippen molar-refractivity contribution in [3.05, 3.63) is 99.0 Å². The van der Waals surface area contributed by atoms with Gasteiger partial charge in [-0.05, 0) is 68.5 Å². The number of aromatic amines is 1. The lowest BCUT2D eigenvalue weighted by Gasteiger charge is -2.13. The van der Waals surface area contributed by atoms with Crippen LogP contribution in [0, 0.1) is 20.8 Å². The van der Waals surface area contributed by atoms with E-state index in [1.165, 1.54) is 9.69 Å². The van der Waals surface area contributed by atoms with Crippen LogP contribution in [0.5, 0.6) is 0 Å². The minimum absolute atomic E-state index is 0.207. The van der Waals surface area contributed by atoms with Crippen LogP contribution in [0.15, 0.2) is 76.1 Å². The van der Waals surface area contributed by atoms with Crippen LogP contribution in [0.1, 0.15) is 29.3 Å². The molecular weight excluding hydrogens is 412 g/mol. The number of nitrogens with zero attached hydrogens (tertiary/aromatic N) is 3. The quantitative estimate of drug-likeness (QED) is 0.457. The molecule has 2 heterocycles. The van der Waals surface area contributed by atoms with Crippen molar-refractivity contribution in [2.45, 2.75) is 27.7 Å². The second kappa shape index (κ2) is 7.74. The van der Waals surface area contributed by atoms with Crippen molar-refractivity contribution in [3.63, 3.8) is 0 Å². The molecule has 0 radical (unpaired) electrons. The van der Waals surface area contributed by atoms with Gasteiger partial charge in [0.2, 0.25) is 0 Å². The Labute approximate surface area is 191 Å². The summed E-state index contributed by atoms with van der Waals surface area (Å²) in [6.45, 7) is 7.66. The molecular formula is C27H24N4O2. The number of hydrogen-bond acceptors (Lipinski definition) is 3. The highest BCUT2D eigenvalue weighted by Gasteiger charge is 2.29. The molecule has 5 rings (SSSR count). The van der Waals surface area contributed by atoms with Gasteiger partial charge in [0.1, 0.15) is 0 Å². The molecule has 0 saturated carbocycles. The average Bonchev–Trinajstić information content (AvgIpc) is 3.25. The fraction of sp³-hybridized carbons (Fsp3) is 0.148. The van der Waals surface area contributed by atoms with Crippen LogP contribution in [-0.4, -0.2) is 21.4 Å². The number of amides is 1. The summed E-state index contributed by atoms with van der Waals surface area (Å²) in [6.07, 6.45) is 1.65. The Hall–Kier alpha value is -4.19. The van der Waals surface area contributed by atoms with Gasteiger partial charge in [-0.1, -0.05) is 42.5 Å². The molecule has 33 heavy (non-hydrogen) atoms. The Morgan fingerprint density at radius 3 is 2.42 bits per heavy atom. The minimum Gasteiger partial charge on any atom is -0.295 e. The van der Waals surface area contributed by atoms with Gasteiger partial charge in [-0.3, -0.25) is 14.7 Å². The normalized spacial score (nSPS) is 15.0. The van der Waals surface area contributed by atoms with Gasteiger partial charge in [0.05, 0.1) is 28.2 Å². The number of aryl methyl sites for hydroxylation is 3. The van der Waals surface area contributed by atoms with Crippen LogP contribution in [0.4, 0.5) is 5.69 Å². The summed E-state index contributed by atoms with van der Waals surface area (Å²) in [5.41, 5.74) is 5.64. The number of rotatable bonds is 3. The Morgan fingerprint density at radius 2 is 1.64 bits per heavy atom. The number of H-pyrrole nitrogens is 1. The number of benzene rings is 3. The second-order valence-electron chi connectivity index (χ2n) is 8.42. The van der Waals surface area contributed by atoms with Crippen molar-refractivity contribution in [2.24, 2.45) is 5.10 Å². The predicted molar refractivity (Wildman–Crippen MR) is 133 cm³/mol. The molecule has 0 aliphatic carbocycles. The largest absolute Gasteiger partial charge is 0.295 e. The van der Waals surface area contributed by atoms with E-state index in [9.17, 15) is 9.59 Å². The number of carbonyl (C=O) groups excluding carboxylic acids is 1. The van der Waals surface area contributed by atoms with E-state index in [0.717, 1.165) is 27.6 Å². The molecule has 6 nitrogen and oxygen atoms in total. The zero-order valence-corrected chi connectivity index (χ0v) is 19.0. The first-order chi connectivity index (χ1) is 15.8. The van der Waals surface area contributed by atoms with E-state index in [2.05, 4.69) is 10.2 Å². The maximum atomic E-state index is 13.4. The molecule has 0 bridgehead atoms. The number of nitrogens with one attached hydrogen (secondary N) is 1. The van der Waals surface area contributed by atoms with Crippen LogP contribution in [-0.2, 0) is 4.79 Å². The fourth-order valence-electron chi connectivity index (χ4n) is 4.16. The average molecular weight is 437 g/mol. The van der Waals surface area contributed by atoms with Crippen molar-refractivity contribution >= 4 is 34.2 Å². The van der Waals surface area contributed by atoms with Crippen LogP contribution >= 0.6 is 0 Å². The lowest BCUT2D eigenvalue weighted by molar-refractivity contribution is -0.114. The van der Waals surface area contributed by atoms with E-state index < -0.39 is 0 Å². The lowest BCUT2D eigenvalue weighted by Crippen LogP contribution is -2.22. The Bertz CT molecular complexity index is 1550. The van der Waals surface area contributed by atoms with Gasteiger partial charge in [0, 0.05) is 11.1 Å². The number of fused-ring (bicyclic) bond motifs is 1. The van der Waals surface area contributed by atoms with Gasteiger partial charge in [0.15, 0.2) is 0 Å². The van der Waals surface area contributed by atoms with Crippen LogP contribution < -0.4 is 10.6 Å². The van der Waals surface area contributed by atoms with Crippen LogP contribution in [0.2, 0.25) is 0 Å². The summed E-state index contributed by atoms with van der Waals surface area (Å²) < 4.78 is 1.54. The van der Waals surface area contributed by atoms with Gasteiger partial charge in [-0.15, -0.1) is 0 Å². The van der Waals surface area contributed by atoms with E-state index in [0.29, 0.717) is 28.2 Å². The van der Waals surface area contributed by atoms with Gasteiger partial charge < -0.3 is 0 Å². The SMILES string of the molecule is CC1=NN(c2ccc(C)c(C)c2)C(=O)/C1=C/c1c(C)[nH]n(-c2cccc3ccccc23)c1=O. The van der Waals surface area contributed by atoms with E-state index in [1.807, 2.05) is 81.4 Å². The first-order valence-electron chi connectivity index (χ1n) is 10.8. The zero-order valence-electron chi connectivity index (χ0n) is 19.0. The van der Waals surface area contributed by atoms with Crippen molar-refractivity contribution in [2.75, 3.05) is 5.01 Å². The monoisotopic (exact) mass is 436 g/mol. The molecule has 0 fully saturated rings. The van der Waals surface area contributed by atoms with Crippen molar-refractivity contribution in [1.82, 2.24) is 9.78 Å². The van der Waals surface area contributed by atoms with Crippen LogP contribution in [0.25, 0.3) is 22.5 Å². The summed E-state index contributed by atoms with van der Waals surface area (Å²) in [7, 11) is 0.